The Hall–Kier alpha value is -3.32. The van der Waals surface area contributed by atoms with E-state index in [9.17, 15) is 9.59 Å². The topological polar surface area (TPSA) is 84.7 Å². The van der Waals surface area contributed by atoms with Crippen LogP contribution in [0.1, 0.15) is 29.0 Å². The molecule has 2 amide bonds. The fourth-order valence-electron chi connectivity index (χ4n) is 3.51. The number of piperidine rings is 1. The zero-order valence-electron chi connectivity index (χ0n) is 16.8. The van der Waals surface area contributed by atoms with Gasteiger partial charge >= 0.3 is 0 Å². The maximum atomic E-state index is 13.1. The number of carbonyl (C=O) groups is 2. The number of ether oxygens (including phenoxy) is 1. The van der Waals surface area contributed by atoms with Crippen LogP contribution in [0.4, 0.5) is 5.82 Å². The van der Waals surface area contributed by atoms with Gasteiger partial charge in [0.2, 0.25) is 5.91 Å². The number of hydrogen-bond donors (Lipinski definition) is 1. The lowest BCUT2D eigenvalue weighted by molar-refractivity contribution is -0.121. The average Bonchev–Trinajstić information content (AvgIpc) is 3.28. The first-order valence-corrected chi connectivity index (χ1v) is 10.4. The van der Waals surface area contributed by atoms with Gasteiger partial charge in [-0.1, -0.05) is 29.8 Å². The van der Waals surface area contributed by atoms with Crippen molar-refractivity contribution in [3.63, 3.8) is 0 Å². The van der Waals surface area contributed by atoms with Gasteiger partial charge in [0.05, 0.1) is 17.2 Å². The Balaban J connectivity index is 1.38. The minimum Gasteiger partial charge on any atom is -0.489 e. The monoisotopic (exact) mass is 439 g/mol. The Morgan fingerprint density at radius 1 is 1.19 bits per heavy atom. The number of amides is 2. The summed E-state index contributed by atoms with van der Waals surface area (Å²) in [5.41, 5.74) is 0.672. The van der Waals surface area contributed by atoms with Crippen molar-refractivity contribution in [2.45, 2.75) is 19.4 Å². The molecule has 1 aliphatic rings. The van der Waals surface area contributed by atoms with Crippen LogP contribution >= 0.6 is 11.6 Å². The number of carbonyl (C=O) groups excluding carboxylic acids is 2. The van der Waals surface area contributed by atoms with Crippen molar-refractivity contribution >= 4 is 29.2 Å². The summed E-state index contributed by atoms with van der Waals surface area (Å²) in [5, 5.41) is 3.29. The molecule has 0 aliphatic carbocycles. The molecule has 31 heavy (non-hydrogen) atoms. The van der Waals surface area contributed by atoms with Crippen molar-refractivity contribution in [3.05, 3.63) is 77.3 Å². The Kier molecular flexibility index (Phi) is 6.52. The number of nitrogens with zero attached hydrogens (tertiary/aromatic N) is 2. The Bertz CT molecular complexity index is 1040. The second kappa shape index (κ2) is 9.66. The van der Waals surface area contributed by atoms with E-state index in [1.54, 1.807) is 23.1 Å². The zero-order valence-corrected chi connectivity index (χ0v) is 17.5. The van der Waals surface area contributed by atoms with Gasteiger partial charge in [-0.25, -0.2) is 4.98 Å². The smallest absolute Gasteiger partial charge is 0.289 e. The van der Waals surface area contributed by atoms with E-state index in [4.69, 9.17) is 20.8 Å². The van der Waals surface area contributed by atoms with Crippen molar-refractivity contribution in [3.8, 4) is 5.75 Å². The summed E-state index contributed by atoms with van der Waals surface area (Å²) in [4.78, 5) is 31.5. The van der Waals surface area contributed by atoms with Crippen LogP contribution < -0.4 is 10.1 Å². The number of anilines is 1. The second-order valence-corrected chi connectivity index (χ2v) is 7.75. The predicted octanol–water partition coefficient (Wildman–Crippen LogP) is 4.40. The quantitative estimate of drug-likeness (QED) is 0.615. The number of hydrogen-bond acceptors (Lipinski definition) is 5. The standard InChI is InChI=1S/C23H22ClN3O4/c24-18-8-9-20(25-13-18)26-22(28)16-5-4-11-27(14-16)23(29)21-17(10-12-30-21)15-31-19-6-2-1-3-7-19/h1-3,6-10,12-13,16H,4-5,11,14-15H2,(H,25,26,28). The molecular formula is C23H22ClN3O4. The molecule has 0 spiro atoms. The molecule has 0 saturated carbocycles. The fourth-order valence-corrected chi connectivity index (χ4v) is 3.62. The SMILES string of the molecule is O=C(Nc1ccc(Cl)cn1)C1CCCN(C(=O)c2occc2COc2ccccc2)C1. The lowest BCUT2D eigenvalue weighted by Crippen LogP contribution is -2.44. The van der Waals surface area contributed by atoms with E-state index in [0.29, 0.717) is 41.7 Å². The second-order valence-electron chi connectivity index (χ2n) is 7.32. The number of halogens is 1. The van der Waals surface area contributed by atoms with Gasteiger partial charge in [-0.05, 0) is 43.2 Å². The molecule has 1 fully saturated rings. The number of likely N-dealkylation sites (tertiary alicyclic amines) is 1. The van der Waals surface area contributed by atoms with Crippen molar-refractivity contribution in [2.24, 2.45) is 5.92 Å². The van der Waals surface area contributed by atoms with Crippen molar-refractivity contribution in [1.82, 2.24) is 9.88 Å². The van der Waals surface area contributed by atoms with Crippen LogP contribution in [-0.2, 0) is 11.4 Å². The maximum Gasteiger partial charge on any atom is 0.289 e. The Labute approximate surface area is 185 Å². The highest BCUT2D eigenvalue weighted by Crippen LogP contribution is 2.23. The van der Waals surface area contributed by atoms with Gasteiger partial charge in [0.15, 0.2) is 5.76 Å². The molecule has 1 N–H and O–H groups in total. The zero-order chi connectivity index (χ0) is 21.6. The number of nitrogens with one attached hydrogen (secondary N) is 1. The van der Waals surface area contributed by atoms with E-state index in [-0.39, 0.29) is 30.1 Å². The number of para-hydroxylation sites is 1. The molecule has 1 atom stereocenters. The third-order valence-corrected chi connectivity index (χ3v) is 5.36. The highest BCUT2D eigenvalue weighted by molar-refractivity contribution is 6.30. The normalized spacial score (nSPS) is 16.0. The van der Waals surface area contributed by atoms with Gasteiger partial charge in [0.1, 0.15) is 18.2 Å². The van der Waals surface area contributed by atoms with Gasteiger partial charge < -0.3 is 19.4 Å². The van der Waals surface area contributed by atoms with E-state index >= 15 is 0 Å². The summed E-state index contributed by atoms with van der Waals surface area (Å²) in [6, 6.07) is 14.4. The summed E-state index contributed by atoms with van der Waals surface area (Å²) in [6.45, 7) is 1.11. The first-order valence-electron chi connectivity index (χ1n) is 10.1. The third-order valence-electron chi connectivity index (χ3n) is 5.14. The van der Waals surface area contributed by atoms with Crippen LogP contribution in [0.3, 0.4) is 0 Å². The average molecular weight is 440 g/mol. The molecule has 3 heterocycles. The summed E-state index contributed by atoms with van der Waals surface area (Å²) < 4.78 is 11.2. The van der Waals surface area contributed by atoms with Crippen LogP contribution in [0.15, 0.2) is 65.4 Å². The summed E-state index contributed by atoms with van der Waals surface area (Å²) in [6.07, 6.45) is 4.39. The molecule has 1 unspecified atom stereocenters. The molecule has 3 aromatic rings. The molecule has 1 aromatic carbocycles. The minimum atomic E-state index is -0.325. The van der Waals surface area contributed by atoms with Crippen LogP contribution in [-0.4, -0.2) is 34.8 Å². The lowest BCUT2D eigenvalue weighted by Gasteiger charge is -2.31. The first kappa shape index (κ1) is 20.9. The van der Waals surface area contributed by atoms with E-state index in [2.05, 4.69) is 10.3 Å². The van der Waals surface area contributed by atoms with E-state index < -0.39 is 0 Å². The molecule has 0 bridgehead atoms. The van der Waals surface area contributed by atoms with Crippen LogP contribution in [0, 0.1) is 5.92 Å². The molecule has 1 aliphatic heterocycles. The molecule has 2 aromatic heterocycles. The number of aromatic nitrogens is 1. The summed E-state index contributed by atoms with van der Waals surface area (Å²) in [5.74, 6) is 0.667. The van der Waals surface area contributed by atoms with E-state index in [0.717, 1.165) is 6.42 Å². The molecule has 7 nitrogen and oxygen atoms in total. The summed E-state index contributed by atoms with van der Waals surface area (Å²) >= 11 is 5.83. The van der Waals surface area contributed by atoms with Gasteiger partial charge in [-0.3, -0.25) is 9.59 Å². The molecule has 1 saturated heterocycles. The lowest BCUT2D eigenvalue weighted by atomic mass is 9.96. The third kappa shape index (κ3) is 5.24. The molecule has 0 radical (unpaired) electrons. The molecule has 160 valence electrons. The van der Waals surface area contributed by atoms with Crippen molar-refractivity contribution < 1.29 is 18.7 Å². The van der Waals surface area contributed by atoms with Crippen LogP contribution in [0.25, 0.3) is 0 Å². The minimum absolute atomic E-state index is 0.167. The Morgan fingerprint density at radius 2 is 2.03 bits per heavy atom. The maximum absolute atomic E-state index is 13.1. The highest BCUT2D eigenvalue weighted by Gasteiger charge is 2.31. The number of benzene rings is 1. The number of pyridine rings is 1. The first-order chi connectivity index (χ1) is 15.1. The van der Waals surface area contributed by atoms with Gasteiger partial charge in [-0.2, -0.15) is 0 Å². The van der Waals surface area contributed by atoms with Crippen molar-refractivity contribution in [2.75, 3.05) is 18.4 Å². The summed E-state index contributed by atoms with van der Waals surface area (Å²) in [7, 11) is 0. The van der Waals surface area contributed by atoms with Gasteiger partial charge in [-0.15, -0.1) is 0 Å². The molecule has 8 heteroatoms. The Morgan fingerprint density at radius 3 is 2.81 bits per heavy atom. The van der Waals surface area contributed by atoms with Crippen molar-refractivity contribution in [1.29, 1.82) is 0 Å². The fraction of sp³-hybridized carbons (Fsp3) is 0.261. The van der Waals surface area contributed by atoms with Gasteiger partial charge in [0.25, 0.3) is 5.91 Å². The largest absolute Gasteiger partial charge is 0.489 e. The van der Waals surface area contributed by atoms with Crippen LogP contribution in [0.2, 0.25) is 5.02 Å². The molecule has 4 rings (SSSR count). The number of furan rings is 1. The number of rotatable bonds is 6. The van der Waals surface area contributed by atoms with E-state index in [1.165, 1.54) is 12.5 Å². The van der Waals surface area contributed by atoms with Crippen LogP contribution in [0.5, 0.6) is 5.75 Å². The highest BCUT2D eigenvalue weighted by atomic mass is 35.5. The van der Waals surface area contributed by atoms with Gasteiger partial charge in [0, 0.05) is 24.8 Å². The predicted molar refractivity (Wildman–Crippen MR) is 116 cm³/mol. The van der Waals surface area contributed by atoms with E-state index in [1.807, 2.05) is 30.3 Å². The molecular weight excluding hydrogens is 418 g/mol.